The number of benzene rings is 1. The molecule has 1 aromatic carbocycles. The summed E-state index contributed by atoms with van der Waals surface area (Å²) in [6.45, 7) is 6.73. The average Bonchev–Trinajstić information content (AvgIpc) is 3.07. The Kier molecular flexibility index (Phi) is 8.07. The minimum Gasteiger partial charge on any atom is -0.490 e. The molecule has 7 heteroatoms. The molecule has 28 heavy (non-hydrogen) atoms. The number of amides is 2. The number of likely N-dealkylation sites (N-methyl/N-ethyl adjacent to an activating group) is 1. The summed E-state index contributed by atoms with van der Waals surface area (Å²) in [7, 11) is 1.59. The number of thiophene rings is 1. The van der Waals surface area contributed by atoms with Gasteiger partial charge in [-0.25, -0.2) is 0 Å². The number of nitrogens with one attached hydrogen (secondary N) is 1. The van der Waals surface area contributed by atoms with Crippen molar-refractivity contribution in [3.05, 3.63) is 46.2 Å². The monoisotopic (exact) mass is 402 g/mol. The molecule has 0 aliphatic carbocycles. The highest BCUT2D eigenvalue weighted by molar-refractivity contribution is 7.11. The second-order valence-corrected chi connectivity index (χ2v) is 7.02. The quantitative estimate of drug-likeness (QED) is 0.645. The van der Waals surface area contributed by atoms with E-state index in [0.29, 0.717) is 30.4 Å². The second-order valence-electron chi connectivity index (χ2n) is 6.07. The fourth-order valence-corrected chi connectivity index (χ4v) is 3.27. The van der Waals surface area contributed by atoms with Crippen LogP contribution in [0.25, 0.3) is 6.08 Å². The molecular formula is C21H26N2O4S. The highest BCUT2D eigenvalue weighted by atomic mass is 32.1. The molecule has 1 aromatic heterocycles. The summed E-state index contributed by atoms with van der Waals surface area (Å²) >= 11 is 1.57. The van der Waals surface area contributed by atoms with E-state index in [9.17, 15) is 9.59 Å². The first-order valence-electron chi connectivity index (χ1n) is 9.11. The van der Waals surface area contributed by atoms with Gasteiger partial charge in [-0.2, -0.15) is 0 Å². The lowest BCUT2D eigenvalue weighted by Crippen LogP contribution is -2.33. The number of rotatable bonds is 9. The summed E-state index contributed by atoms with van der Waals surface area (Å²) in [5, 5.41) is 4.76. The third kappa shape index (κ3) is 6.13. The number of carbonyl (C=O) groups excluding carboxylic acids is 2. The van der Waals surface area contributed by atoms with E-state index >= 15 is 0 Å². The number of carbonyl (C=O) groups is 2. The minimum absolute atomic E-state index is 0.0518. The molecule has 0 atom stereocenters. The number of hydrogen-bond acceptors (Lipinski definition) is 5. The van der Waals surface area contributed by atoms with Crippen molar-refractivity contribution in [1.29, 1.82) is 0 Å². The van der Waals surface area contributed by atoms with Crippen LogP contribution in [-0.4, -0.2) is 43.5 Å². The van der Waals surface area contributed by atoms with Crippen molar-refractivity contribution in [2.75, 3.05) is 32.1 Å². The maximum Gasteiger partial charge on any atom is 0.246 e. The van der Waals surface area contributed by atoms with E-state index in [1.807, 2.05) is 32.2 Å². The molecule has 0 spiro atoms. The summed E-state index contributed by atoms with van der Waals surface area (Å²) in [4.78, 5) is 26.9. The number of nitrogens with zero attached hydrogens (tertiary/aromatic N) is 1. The number of anilines is 1. The van der Waals surface area contributed by atoms with Crippen LogP contribution in [-0.2, 0) is 9.59 Å². The second kappa shape index (κ2) is 10.5. The zero-order valence-corrected chi connectivity index (χ0v) is 17.5. The maximum absolute atomic E-state index is 12.3. The van der Waals surface area contributed by atoms with Crippen molar-refractivity contribution in [2.24, 2.45) is 0 Å². The van der Waals surface area contributed by atoms with Gasteiger partial charge in [0.25, 0.3) is 0 Å². The molecule has 2 rings (SSSR count). The molecule has 0 saturated carbocycles. The molecule has 0 radical (unpaired) electrons. The highest BCUT2D eigenvalue weighted by Gasteiger charge is 2.13. The lowest BCUT2D eigenvalue weighted by molar-refractivity contribution is -0.129. The molecule has 0 fully saturated rings. The third-order valence-corrected chi connectivity index (χ3v) is 4.85. The van der Waals surface area contributed by atoms with Crippen LogP contribution in [0.3, 0.4) is 0 Å². The van der Waals surface area contributed by atoms with Gasteiger partial charge in [0, 0.05) is 29.8 Å². The average molecular weight is 403 g/mol. The Morgan fingerprint density at radius 2 is 1.86 bits per heavy atom. The van der Waals surface area contributed by atoms with E-state index in [0.717, 1.165) is 10.4 Å². The van der Waals surface area contributed by atoms with Gasteiger partial charge >= 0.3 is 0 Å². The zero-order valence-electron chi connectivity index (χ0n) is 16.7. The van der Waals surface area contributed by atoms with Crippen molar-refractivity contribution in [2.45, 2.75) is 20.8 Å². The molecule has 0 aliphatic heterocycles. The van der Waals surface area contributed by atoms with E-state index in [2.05, 4.69) is 5.32 Å². The van der Waals surface area contributed by atoms with Gasteiger partial charge in [0.2, 0.25) is 11.8 Å². The van der Waals surface area contributed by atoms with Gasteiger partial charge in [-0.15, -0.1) is 11.3 Å². The van der Waals surface area contributed by atoms with Crippen LogP contribution in [0.5, 0.6) is 11.5 Å². The molecule has 2 amide bonds. The van der Waals surface area contributed by atoms with Crippen molar-refractivity contribution in [3.8, 4) is 11.5 Å². The van der Waals surface area contributed by atoms with Crippen LogP contribution in [0, 0.1) is 6.92 Å². The van der Waals surface area contributed by atoms with E-state index in [1.165, 1.54) is 11.0 Å². The summed E-state index contributed by atoms with van der Waals surface area (Å²) < 4.78 is 11.1. The lowest BCUT2D eigenvalue weighted by Gasteiger charge is -2.16. The molecule has 1 heterocycles. The predicted molar refractivity (Wildman–Crippen MR) is 113 cm³/mol. The van der Waals surface area contributed by atoms with Crippen LogP contribution in [0.15, 0.2) is 35.7 Å². The Labute approximate surface area is 169 Å². The van der Waals surface area contributed by atoms with Crippen LogP contribution < -0.4 is 14.8 Å². The van der Waals surface area contributed by atoms with E-state index in [-0.39, 0.29) is 18.4 Å². The number of ether oxygens (including phenoxy) is 2. The number of hydrogen-bond donors (Lipinski definition) is 1. The fraction of sp³-hybridized carbons (Fsp3) is 0.333. The standard InChI is InChI=1S/C21H26N2O4S/c1-5-26-17-8-7-16(13-18(17)27-6-2)22-20(24)14-23(4)21(25)10-9-19-15(3)11-12-28-19/h7-13H,5-6,14H2,1-4H3,(H,22,24)/b10-9+. The Bertz CT molecular complexity index is 845. The highest BCUT2D eigenvalue weighted by Crippen LogP contribution is 2.30. The molecule has 2 aromatic rings. The normalized spacial score (nSPS) is 10.7. The Morgan fingerprint density at radius 3 is 2.50 bits per heavy atom. The summed E-state index contributed by atoms with van der Waals surface area (Å²) in [6.07, 6.45) is 3.26. The first-order chi connectivity index (χ1) is 13.4. The van der Waals surface area contributed by atoms with Gasteiger partial charge in [-0.1, -0.05) is 0 Å². The minimum atomic E-state index is -0.289. The van der Waals surface area contributed by atoms with E-state index < -0.39 is 0 Å². The van der Waals surface area contributed by atoms with E-state index in [4.69, 9.17) is 9.47 Å². The fourth-order valence-electron chi connectivity index (χ4n) is 2.45. The topological polar surface area (TPSA) is 67.9 Å². The predicted octanol–water partition coefficient (Wildman–Crippen LogP) is 3.96. The Hall–Kier alpha value is -2.80. The van der Waals surface area contributed by atoms with Gasteiger partial charge in [0.15, 0.2) is 11.5 Å². The smallest absolute Gasteiger partial charge is 0.246 e. The van der Waals surface area contributed by atoms with Crippen LogP contribution in [0.1, 0.15) is 24.3 Å². The molecule has 0 saturated heterocycles. The number of aryl methyl sites for hydroxylation is 1. The molecule has 0 bridgehead atoms. The van der Waals surface area contributed by atoms with Crippen LogP contribution in [0.4, 0.5) is 5.69 Å². The van der Waals surface area contributed by atoms with Gasteiger partial charge in [-0.3, -0.25) is 9.59 Å². The van der Waals surface area contributed by atoms with Gasteiger partial charge < -0.3 is 19.7 Å². The van der Waals surface area contributed by atoms with Crippen molar-refractivity contribution in [1.82, 2.24) is 4.90 Å². The summed E-state index contributed by atoms with van der Waals surface area (Å²) in [5.41, 5.74) is 1.71. The zero-order chi connectivity index (χ0) is 20.5. The van der Waals surface area contributed by atoms with Gasteiger partial charge in [0.05, 0.1) is 19.8 Å². The first-order valence-corrected chi connectivity index (χ1v) is 9.99. The Balaban J connectivity index is 1.95. The molecule has 6 nitrogen and oxygen atoms in total. The van der Waals surface area contributed by atoms with Crippen molar-refractivity contribution < 1.29 is 19.1 Å². The van der Waals surface area contributed by atoms with Gasteiger partial charge in [0.1, 0.15) is 0 Å². The molecule has 0 aliphatic rings. The molecule has 150 valence electrons. The van der Waals surface area contributed by atoms with Gasteiger partial charge in [-0.05, 0) is 56.0 Å². The SMILES string of the molecule is CCOc1ccc(NC(=O)CN(C)C(=O)/C=C/c2sccc2C)cc1OCC. The first kappa shape index (κ1) is 21.5. The molecule has 0 unspecified atom stereocenters. The molecule has 1 N–H and O–H groups in total. The largest absolute Gasteiger partial charge is 0.490 e. The summed E-state index contributed by atoms with van der Waals surface area (Å²) in [5.74, 6) is 0.678. The molecular weight excluding hydrogens is 376 g/mol. The lowest BCUT2D eigenvalue weighted by atomic mass is 10.2. The maximum atomic E-state index is 12.3. The van der Waals surface area contributed by atoms with Crippen LogP contribution >= 0.6 is 11.3 Å². The van der Waals surface area contributed by atoms with Crippen LogP contribution in [0.2, 0.25) is 0 Å². The van der Waals surface area contributed by atoms with Crippen molar-refractivity contribution >= 4 is 34.9 Å². The summed E-state index contributed by atoms with van der Waals surface area (Å²) in [6, 6.07) is 7.21. The third-order valence-electron chi connectivity index (χ3n) is 3.86. The van der Waals surface area contributed by atoms with Crippen molar-refractivity contribution in [3.63, 3.8) is 0 Å². The van der Waals surface area contributed by atoms with E-state index in [1.54, 1.807) is 42.7 Å². The Morgan fingerprint density at radius 1 is 1.14 bits per heavy atom.